The molecule has 0 aliphatic carbocycles. The van der Waals surface area contributed by atoms with E-state index in [0.717, 1.165) is 22.4 Å². The number of benzene rings is 2. The molecule has 1 aromatic heterocycles. The fourth-order valence-electron chi connectivity index (χ4n) is 2.46. The first kappa shape index (κ1) is 14.4. The Balaban J connectivity index is 2.34. The fraction of sp³-hybridized carbons (Fsp3) is 0.188. The van der Waals surface area contributed by atoms with Gasteiger partial charge in [0.2, 0.25) is 0 Å². The first-order valence-electron chi connectivity index (χ1n) is 6.64. The maximum atomic E-state index is 9.91. The van der Waals surface area contributed by atoms with Gasteiger partial charge >= 0.3 is 0 Å². The van der Waals surface area contributed by atoms with Crippen molar-refractivity contribution in [3.63, 3.8) is 0 Å². The van der Waals surface area contributed by atoms with Crippen LogP contribution in [0.25, 0.3) is 22.4 Å². The fourth-order valence-corrected chi connectivity index (χ4v) is 2.97. The van der Waals surface area contributed by atoms with Gasteiger partial charge in [0.1, 0.15) is 11.6 Å². The molecule has 0 aliphatic heterocycles. The third-order valence-electron chi connectivity index (χ3n) is 3.38. The third-order valence-corrected chi connectivity index (χ3v) is 4.36. The summed E-state index contributed by atoms with van der Waals surface area (Å²) in [4.78, 5) is 4.69. The van der Waals surface area contributed by atoms with Crippen molar-refractivity contribution in [1.82, 2.24) is 9.55 Å². The molecule has 3 rings (SSSR count). The van der Waals surface area contributed by atoms with Crippen LogP contribution in [-0.2, 0) is 0 Å². The smallest absolute Gasteiger partial charge is 0.141 e. The van der Waals surface area contributed by atoms with Gasteiger partial charge in [0, 0.05) is 11.6 Å². The van der Waals surface area contributed by atoms with Crippen molar-refractivity contribution in [2.75, 3.05) is 0 Å². The molecule has 1 heterocycles. The normalized spacial score (nSPS) is 11.5. The summed E-state index contributed by atoms with van der Waals surface area (Å²) in [5.41, 5.74) is 2.64. The predicted molar refractivity (Wildman–Crippen MR) is 89.9 cm³/mol. The van der Waals surface area contributed by atoms with Crippen LogP contribution < -0.4 is 0 Å². The Morgan fingerprint density at radius 1 is 1.24 bits per heavy atom. The second-order valence-corrected chi connectivity index (χ2v) is 6.43. The van der Waals surface area contributed by atoms with Crippen LogP contribution in [0.3, 0.4) is 0 Å². The van der Waals surface area contributed by atoms with Gasteiger partial charge in [-0.3, -0.25) is 0 Å². The molecule has 3 aromatic rings. The Labute approximate surface area is 136 Å². The Morgan fingerprint density at radius 2 is 2.00 bits per heavy atom. The minimum absolute atomic E-state index is 0.195. The Bertz CT molecular complexity index is 827. The van der Waals surface area contributed by atoms with Crippen molar-refractivity contribution < 1.29 is 5.11 Å². The summed E-state index contributed by atoms with van der Waals surface area (Å²) in [5.74, 6) is 0.997. The van der Waals surface area contributed by atoms with Crippen LogP contribution in [0, 0.1) is 0 Å². The minimum Gasteiger partial charge on any atom is -0.507 e. The summed E-state index contributed by atoms with van der Waals surface area (Å²) in [5, 5.41) is 10.6. The maximum absolute atomic E-state index is 9.91. The van der Waals surface area contributed by atoms with Gasteiger partial charge in [0.05, 0.1) is 20.5 Å². The van der Waals surface area contributed by atoms with Crippen molar-refractivity contribution in [3.8, 4) is 17.1 Å². The first-order chi connectivity index (χ1) is 9.99. The number of fused-ring (bicyclic) bond motifs is 1. The molecule has 0 radical (unpaired) electrons. The highest BCUT2D eigenvalue weighted by Crippen LogP contribution is 2.35. The lowest BCUT2D eigenvalue weighted by atomic mass is 10.2. The van der Waals surface area contributed by atoms with Crippen LogP contribution in [0.5, 0.6) is 5.75 Å². The molecule has 108 valence electrons. The summed E-state index contributed by atoms with van der Waals surface area (Å²) in [7, 11) is 0. The molecule has 0 atom stereocenters. The third kappa shape index (κ3) is 2.43. The van der Waals surface area contributed by atoms with E-state index in [9.17, 15) is 5.11 Å². The van der Waals surface area contributed by atoms with E-state index in [0.29, 0.717) is 9.50 Å². The number of halogens is 2. The molecule has 1 N–H and O–H groups in total. The Kier molecular flexibility index (Phi) is 3.68. The van der Waals surface area contributed by atoms with Crippen LogP contribution in [0.2, 0.25) is 5.02 Å². The van der Waals surface area contributed by atoms with Gasteiger partial charge in [-0.25, -0.2) is 4.98 Å². The average molecular weight is 366 g/mol. The average Bonchev–Trinajstić information content (AvgIpc) is 2.83. The van der Waals surface area contributed by atoms with Gasteiger partial charge in [-0.05, 0) is 60.1 Å². The van der Waals surface area contributed by atoms with E-state index in [4.69, 9.17) is 11.6 Å². The van der Waals surface area contributed by atoms with E-state index >= 15 is 0 Å². The molecule has 5 heteroatoms. The highest BCUT2D eigenvalue weighted by Gasteiger charge is 2.17. The maximum Gasteiger partial charge on any atom is 0.141 e. The first-order valence-corrected chi connectivity index (χ1v) is 7.81. The van der Waals surface area contributed by atoms with E-state index in [1.165, 1.54) is 0 Å². The number of nitrogens with zero attached hydrogens (tertiary/aromatic N) is 2. The number of hydrogen-bond acceptors (Lipinski definition) is 2. The van der Waals surface area contributed by atoms with Gasteiger partial charge in [0.25, 0.3) is 0 Å². The topological polar surface area (TPSA) is 38.0 Å². The second kappa shape index (κ2) is 5.35. The molecule has 0 unspecified atom stereocenters. The SMILES string of the molecule is CC(C)n1c(-c2ccc(Br)c(O)c2)nc2cccc(Cl)c21. The molecule has 0 saturated carbocycles. The number of phenolic OH excluding ortho intramolecular Hbond substituents is 1. The van der Waals surface area contributed by atoms with Crippen molar-refractivity contribution in [2.45, 2.75) is 19.9 Å². The Morgan fingerprint density at radius 3 is 2.67 bits per heavy atom. The number of imidazole rings is 1. The van der Waals surface area contributed by atoms with Crippen LogP contribution in [0.4, 0.5) is 0 Å². The monoisotopic (exact) mass is 364 g/mol. The van der Waals surface area contributed by atoms with Crippen molar-refractivity contribution in [3.05, 3.63) is 45.9 Å². The highest BCUT2D eigenvalue weighted by molar-refractivity contribution is 9.10. The van der Waals surface area contributed by atoms with Crippen LogP contribution in [0.1, 0.15) is 19.9 Å². The van der Waals surface area contributed by atoms with Crippen molar-refractivity contribution in [1.29, 1.82) is 0 Å². The number of aromatic hydroxyl groups is 1. The van der Waals surface area contributed by atoms with E-state index in [-0.39, 0.29) is 11.8 Å². The lowest BCUT2D eigenvalue weighted by Crippen LogP contribution is -2.03. The van der Waals surface area contributed by atoms with Crippen LogP contribution in [-0.4, -0.2) is 14.7 Å². The van der Waals surface area contributed by atoms with Gasteiger partial charge < -0.3 is 9.67 Å². The van der Waals surface area contributed by atoms with E-state index in [1.54, 1.807) is 6.07 Å². The zero-order valence-corrected chi connectivity index (χ0v) is 14.0. The van der Waals surface area contributed by atoms with Gasteiger partial charge in [0.15, 0.2) is 0 Å². The highest BCUT2D eigenvalue weighted by atomic mass is 79.9. The van der Waals surface area contributed by atoms with E-state index in [1.807, 2.05) is 30.3 Å². The summed E-state index contributed by atoms with van der Waals surface area (Å²) in [6.07, 6.45) is 0. The molecule has 0 bridgehead atoms. The van der Waals surface area contributed by atoms with Gasteiger partial charge in [-0.1, -0.05) is 17.7 Å². The van der Waals surface area contributed by atoms with Crippen LogP contribution >= 0.6 is 27.5 Å². The summed E-state index contributed by atoms with van der Waals surface area (Å²) >= 11 is 9.64. The molecule has 0 fully saturated rings. The minimum atomic E-state index is 0.195. The molecule has 0 saturated heterocycles. The quantitative estimate of drug-likeness (QED) is 0.659. The Hall–Kier alpha value is -1.52. The van der Waals surface area contributed by atoms with Crippen molar-refractivity contribution >= 4 is 38.6 Å². The van der Waals surface area contributed by atoms with Gasteiger partial charge in [-0.15, -0.1) is 0 Å². The number of para-hydroxylation sites is 1. The zero-order valence-electron chi connectivity index (χ0n) is 11.6. The molecule has 2 aromatic carbocycles. The molecular formula is C16H14BrClN2O. The summed E-state index contributed by atoms with van der Waals surface area (Å²) in [6.45, 7) is 4.18. The number of aromatic nitrogens is 2. The number of phenols is 1. The summed E-state index contributed by atoms with van der Waals surface area (Å²) < 4.78 is 2.76. The van der Waals surface area contributed by atoms with Crippen molar-refractivity contribution in [2.24, 2.45) is 0 Å². The second-order valence-electron chi connectivity index (χ2n) is 5.17. The zero-order chi connectivity index (χ0) is 15.1. The van der Waals surface area contributed by atoms with E-state index in [2.05, 4.69) is 39.3 Å². The lowest BCUT2D eigenvalue weighted by molar-refractivity contribution is 0.472. The number of hydrogen-bond donors (Lipinski definition) is 1. The molecular weight excluding hydrogens is 352 g/mol. The lowest BCUT2D eigenvalue weighted by Gasteiger charge is -2.14. The standard InChI is InChI=1S/C16H14BrClN2O/c1-9(2)20-15-12(18)4-3-5-13(15)19-16(20)10-6-7-11(17)14(21)8-10/h3-9,21H,1-2H3. The molecule has 21 heavy (non-hydrogen) atoms. The van der Waals surface area contributed by atoms with Crippen LogP contribution in [0.15, 0.2) is 40.9 Å². The largest absolute Gasteiger partial charge is 0.507 e. The van der Waals surface area contributed by atoms with Gasteiger partial charge in [-0.2, -0.15) is 0 Å². The molecule has 0 aliphatic rings. The summed E-state index contributed by atoms with van der Waals surface area (Å²) in [6, 6.07) is 11.4. The molecule has 3 nitrogen and oxygen atoms in total. The number of rotatable bonds is 2. The predicted octanol–water partition coefficient (Wildman–Crippen LogP) is 5.41. The molecule has 0 amide bonds. The molecule has 0 spiro atoms. The van der Waals surface area contributed by atoms with E-state index < -0.39 is 0 Å².